The second-order valence-electron chi connectivity index (χ2n) is 4.58. The molecule has 0 saturated heterocycles. The van der Waals surface area contributed by atoms with Crippen LogP contribution in [0.15, 0.2) is 45.8 Å². The lowest BCUT2D eigenvalue weighted by molar-refractivity contribution is 0.174. The highest BCUT2D eigenvalue weighted by Crippen LogP contribution is 2.34. The van der Waals surface area contributed by atoms with Crippen LogP contribution in [0.3, 0.4) is 0 Å². The summed E-state index contributed by atoms with van der Waals surface area (Å²) in [5.41, 5.74) is 1.52. The molecule has 0 aromatic heterocycles. The van der Waals surface area contributed by atoms with Crippen LogP contribution in [0, 0.1) is 6.92 Å². The van der Waals surface area contributed by atoms with E-state index >= 15 is 0 Å². The molecule has 0 atom stereocenters. The third-order valence-electron chi connectivity index (χ3n) is 3.08. The summed E-state index contributed by atoms with van der Waals surface area (Å²) in [6, 6.07) is 9.79. The van der Waals surface area contributed by atoms with Crippen LogP contribution >= 0.6 is 15.9 Å². The molecule has 2 aromatic rings. The van der Waals surface area contributed by atoms with E-state index < -0.39 is 10.0 Å². The van der Waals surface area contributed by atoms with Gasteiger partial charge in [-0.15, -0.1) is 0 Å². The number of rotatable bonds is 3. The normalized spacial score (nSPS) is 13.2. The van der Waals surface area contributed by atoms with Crippen LogP contribution in [-0.4, -0.2) is 15.2 Å². The maximum Gasteiger partial charge on any atom is 0.262 e. The number of hydrogen-bond donors (Lipinski definition) is 1. The van der Waals surface area contributed by atoms with E-state index in [0.717, 1.165) is 10.0 Å². The number of aryl methyl sites for hydroxylation is 1. The SMILES string of the molecule is Cc1ccc(NS(=O)(=O)c2ccc3c(c2)OCO3)cc1Br. The van der Waals surface area contributed by atoms with Crippen molar-refractivity contribution in [3.63, 3.8) is 0 Å². The molecular weight excluding hydrogens is 358 g/mol. The molecule has 0 unspecified atom stereocenters. The van der Waals surface area contributed by atoms with Gasteiger partial charge in [-0.3, -0.25) is 4.72 Å². The first-order valence-corrected chi connectivity index (χ1v) is 8.42. The Morgan fingerprint density at radius 1 is 1.10 bits per heavy atom. The Hall–Kier alpha value is -1.73. The fraction of sp³-hybridized carbons (Fsp3) is 0.143. The molecule has 0 aliphatic carbocycles. The van der Waals surface area contributed by atoms with E-state index in [-0.39, 0.29) is 11.7 Å². The van der Waals surface area contributed by atoms with Crippen molar-refractivity contribution in [3.8, 4) is 11.5 Å². The Morgan fingerprint density at radius 2 is 1.86 bits per heavy atom. The molecule has 0 bridgehead atoms. The number of hydrogen-bond acceptors (Lipinski definition) is 4. The first-order valence-electron chi connectivity index (χ1n) is 6.14. The molecule has 0 spiro atoms. The van der Waals surface area contributed by atoms with Gasteiger partial charge in [0.2, 0.25) is 6.79 Å². The maximum atomic E-state index is 12.4. The van der Waals surface area contributed by atoms with Crippen LogP contribution in [0.25, 0.3) is 0 Å². The van der Waals surface area contributed by atoms with Crippen molar-refractivity contribution in [1.29, 1.82) is 0 Å². The summed E-state index contributed by atoms with van der Waals surface area (Å²) in [5.74, 6) is 0.981. The molecule has 2 aromatic carbocycles. The summed E-state index contributed by atoms with van der Waals surface area (Å²) in [6.07, 6.45) is 0. The predicted octanol–water partition coefficient (Wildman–Crippen LogP) is 3.29. The summed E-state index contributed by atoms with van der Waals surface area (Å²) in [5, 5.41) is 0. The summed E-state index contributed by atoms with van der Waals surface area (Å²) < 4.78 is 38.5. The van der Waals surface area contributed by atoms with E-state index in [9.17, 15) is 8.42 Å². The lowest BCUT2D eigenvalue weighted by Crippen LogP contribution is -2.12. The largest absolute Gasteiger partial charge is 0.454 e. The summed E-state index contributed by atoms with van der Waals surface area (Å²) >= 11 is 3.38. The molecule has 5 nitrogen and oxygen atoms in total. The predicted molar refractivity (Wildman–Crippen MR) is 82.3 cm³/mol. The number of halogens is 1. The Balaban J connectivity index is 1.91. The number of ether oxygens (including phenoxy) is 2. The lowest BCUT2D eigenvalue weighted by atomic mass is 10.2. The second-order valence-corrected chi connectivity index (χ2v) is 7.12. The molecule has 0 saturated carbocycles. The molecule has 0 radical (unpaired) electrons. The maximum absolute atomic E-state index is 12.4. The molecular formula is C14H12BrNO4S. The van der Waals surface area contributed by atoms with Crippen molar-refractivity contribution in [1.82, 2.24) is 0 Å². The van der Waals surface area contributed by atoms with Gasteiger partial charge in [0.1, 0.15) is 0 Å². The molecule has 0 amide bonds. The molecule has 1 aliphatic rings. The van der Waals surface area contributed by atoms with Gasteiger partial charge in [-0.1, -0.05) is 22.0 Å². The minimum Gasteiger partial charge on any atom is -0.454 e. The van der Waals surface area contributed by atoms with Crippen LogP contribution in [-0.2, 0) is 10.0 Å². The van der Waals surface area contributed by atoms with Crippen LogP contribution < -0.4 is 14.2 Å². The zero-order valence-corrected chi connectivity index (χ0v) is 13.5. The Kier molecular flexibility index (Phi) is 3.54. The summed E-state index contributed by atoms with van der Waals surface area (Å²) in [7, 11) is -3.67. The van der Waals surface area contributed by atoms with Gasteiger partial charge in [-0.2, -0.15) is 0 Å². The summed E-state index contributed by atoms with van der Waals surface area (Å²) in [6.45, 7) is 2.04. The van der Waals surface area contributed by atoms with E-state index in [1.54, 1.807) is 18.2 Å². The second kappa shape index (κ2) is 5.23. The van der Waals surface area contributed by atoms with Crippen LogP contribution in [0.2, 0.25) is 0 Å². The first-order chi connectivity index (χ1) is 9.95. The van der Waals surface area contributed by atoms with E-state index in [2.05, 4.69) is 20.7 Å². The van der Waals surface area contributed by atoms with Crippen LogP contribution in [0.5, 0.6) is 11.5 Å². The first kappa shape index (κ1) is 14.2. The van der Waals surface area contributed by atoms with Crippen molar-refractivity contribution in [2.75, 3.05) is 11.5 Å². The third kappa shape index (κ3) is 2.84. The standard InChI is InChI=1S/C14H12BrNO4S/c1-9-2-3-10(6-12(9)15)16-21(17,18)11-4-5-13-14(7-11)20-8-19-13/h2-7,16H,8H2,1H3. The highest BCUT2D eigenvalue weighted by atomic mass is 79.9. The highest BCUT2D eigenvalue weighted by molar-refractivity contribution is 9.10. The van der Waals surface area contributed by atoms with Gasteiger partial charge in [0.15, 0.2) is 11.5 Å². The number of nitrogens with one attached hydrogen (secondary N) is 1. The van der Waals surface area contributed by atoms with E-state index in [1.165, 1.54) is 12.1 Å². The Morgan fingerprint density at radius 3 is 2.62 bits per heavy atom. The lowest BCUT2D eigenvalue weighted by Gasteiger charge is -2.10. The van der Waals surface area contributed by atoms with Gasteiger partial charge in [0.25, 0.3) is 10.0 Å². The highest BCUT2D eigenvalue weighted by Gasteiger charge is 2.20. The van der Waals surface area contributed by atoms with Crippen molar-refractivity contribution in [2.24, 2.45) is 0 Å². The van der Waals surface area contributed by atoms with E-state index in [1.807, 2.05) is 13.0 Å². The smallest absolute Gasteiger partial charge is 0.262 e. The van der Waals surface area contributed by atoms with Crippen LogP contribution in [0.1, 0.15) is 5.56 Å². The van der Waals surface area contributed by atoms with E-state index in [0.29, 0.717) is 17.2 Å². The van der Waals surface area contributed by atoms with Crippen molar-refractivity contribution < 1.29 is 17.9 Å². The topological polar surface area (TPSA) is 64.6 Å². The number of benzene rings is 2. The fourth-order valence-electron chi connectivity index (χ4n) is 1.91. The molecule has 110 valence electrons. The quantitative estimate of drug-likeness (QED) is 0.901. The average molecular weight is 370 g/mol. The molecule has 1 heterocycles. The van der Waals surface area contributed by atoms with Crippen molar-refractivity contribution >= 4 is 31.6 Å². The molecule has 1 aliphatic heterocycles. The molecule has 21 heavy (non-hydrogen) atoms. The minimum atomic E-state index is -3.67. The number of fused-ring (bicyclic) bond motifs is 1. The van der Waals surface area contributed by atoms with Gasteiger partial charge in [0.05, 0.1) is 4.90 Å². The molecule has 0 fully saturated rings. The monoisotopic (exact) mass is 369 g/mol. The van der Waals surface area contributed by atoms with Crippen molar-refractivity contribution in [3.05, 3.63) is 46.4 Å². The van der Waals surface area contributed by atoms with Gasteiger partial charge >= 0.3 is 0 Å². The van der Waals surface area contributed by atoms with Gasteiger partial charge in [-0.25, -0.2) is 8.42 Å². The van der Waals surface area contributed by atoms with Crippen LogP contribution in [0.4, 0.5) is 5.69 Å². The fourth-order valence-corrected chi connectivity index (χ4v) is 3.36. The van der Waals surface area contributed by atoms with E-state index in [4.69, 9.17) is 9.47 Å². The number of sulfonamides is 1. The Bertz CT molecular complexity index is 805. The van der Waals surface area contributed by atoms with Gasteiger partial charge in [0, 0.05) is 16.2 Å². The average Bonchev–Trinajstić information content (AvgIpc) is 2.90. The third-order valence-corrected chi connectivity index (χ3v) is 5.31. The minimum absolute atomic E-state index is 0.108. The zero-order valence-electron chi connectivity index (χ0n) is 11.1. The van der Waals surface area contributed by atoms with Gasteiger partial charge in [-0.05, 0) is 36.8 Å². The van der Waals surface area contributed by atoms with Gasteiger partial charge < -0.3 is 9.47 Å². The molecule has 7 heteroatoms. The molecule has 1 N–H and O–H groups in total. The number of anilines is 1. The van der Waals surface area contributed by atoms with Crippen molar-refractivity contribution in [2.45, 2.75) is 11.8 Å². The zero-order chi connectivity index (χ0) is 15.0. The molecule has 3 rings (SSSR count). The Labute approximate surface area is 131 Å². The summed E-state index contributed by atoms with van der Waals surface area (Å²) in [4.78, 5) is 0.128.